The Bertz CT molecular complexity index is 477. The fourth-order valence-electron chi connectivity index (χ4n) is 1.23. The summed E-state index contributed by atoms with van der Waals surface area (Å²) in [5.41, 5.74) is -0.363. The van der Waals surface area contributed by atoms with Crippen LogP contribution >= 0.6 is 11.3 Å². The third kappa shape index (κ3) is 4.86. The van der Waals surface area contributed by atoms with Crippen molar-refractivity contribution in [2.45, 2.75) is 40.2 Å². The first-order valence-electron chi connectivity index (χ1n) is 5.87. The summed E-state index contributed by atoms with van der Waals surface area (Å²) in [6.45, 7) is 9.05. The van der Waals surface area contributed by atoms with Gasteiger partial charge in [-0.3, -0.25) is 5.32 Å². The van der Waals surface area contributed by atoms with Gasteiger partial charge in [0.05, 0.1) is 6.61 Å². The molecular weight excluding hydrogens is 268 g/mol. The molecule has 0 saturated heterocycles. The van der Waals surface area contributed by atoms with Crippen LogP contribution in [0, 0.1) is 6.92 Å². The molecule has 0 unspecified atom stereocenters. The SMILES string of the molecule is CCOC(=O)c1nc(NC(=O)OC(C)(C)C)sc1C. The molecular formula is C12H18N2O4S. The van der Waals surface area contributed by atoms with E-state index >= 15 is 0 Å². The lowest BCUT2D eigenvalue weighted by molar-refractivity contribution is 0.0518. The molecule has 19 heavy (non-hydrogen) atoms. The van der Waals surface area contributed by atoms with Crippen LogP contribution in [0.3, 0.4) is 0 Å². The third-order valence-corrected chi connectivity index (χ3v) is 2.76. The average Bonchev–Trinajstić information content (AvgIpc) is 2.56. The quantitative estimate of drug-likeness (QED) is 0.864. The number of nitrogens with zero attached hydrogens (tertiary/aromatic N) is 1. The lowest BCUT2D eigenvalue weighted by atomic mass is 10.2. The van der Waals surface area contributed by atoms with Crippen LogP contribution in [0.5, 0.6) is 0 Å². The Morgan fingerprint density at radius 3 is 2.53 bits per heavy atom. The number of amides is 1. The van der Waals surface area contributed by atoms with Crippen molar-refractivity contribution in [3.05, 3.63) is 10.6 Å². The van der Waals surface area contributed by atoms with E-state index in [4.69, 9.17) is 9.47 Å². The fraction of sp³-hybridized carbons (Fsp3) is 0.583. The summed E-state index contributed by atoms with van der Waals surface area (Å²) in [4.78, 5) is 27.8. The van der Waals surface area contributed by atoms with Crippen LogP contribution in [-0.2, 0) is 9.47 Å². The second kappa shape index (κ2) is 6.01. The van der Waals surface area contributed by atoms with Gasteiger partial charge in [-0.25, -0.2) is 14.6 Å². The van der Waals surface area contributed by atoms with Gasteiger partial charge in [0.2, 0.25) is 0 Å². The maximum absolute atomic E-state index is 11.6. The van der Waals surface area contributed by atoms with Crippen molar-refractivity contribution in [2.75, 3.05) is 11.9 Å². The fourth-order valence-corrected chi connectivity index (χ4v) is 2.02. The summed E-state index contributed by atoms with van der Waals surface area (Å²) in [5.74, 6) is -0.492. The van der Waals surface area contributed by atoms with Crippen LogP contribution in [0.15, 0.2) is 0 Å². The van der Waals surface area contributed by atoms with Crippen molar-refractivity contribution in [1.82, 2.24) is 4.98 Å². The Hall–Kier alpha value is -1.63. The van der Waals surface area contributed by atoms with Gasteiger partial charge in [0.15, 0.2) is 10.8 Å². The number of esters is 1. The molecule has 1 amide bonds. The molecule has 1 rings (SSSR count). The zero-order chi connectivity index (χ0) is 14.6. The molecule has 0 aliphatic heterocycles. The van der Waals surface area contributed by atoms with Gasteiger partial charge in [0.1, 0.15) is 5.60 Å². The largest absolute Gasteiger partial charge is 0.461 e. The van der Waals surface area contributed by atoms with Gasteiger partial charge in [-0.1, -0.05) is 0 Å². The number of hydrogen-bond donors (Lipinski definition) is 1. The number of nitrogens with one attached hydrogen (secondary N) is 1. The van der Waals surface area contributed by atoms with Gasteiger partial charge >= 0.3 is 12.1 Å². The number of aromatic nitrogens is 1. The highest BCUT2D eigenvalue weighted by molar-refractivity contribution is 7.16. The van der Waals surface area contributed by atoms with Gasteiger partial charge in [-0.05, 0) is 34.6 Å². The summed E-state index contributed by atoms with van der Waals surface area (Å²) < 4.78 is 9.97. The van der Waals surface area contributed by atoms with E-state index in [1.54, 1.807) is 34.6 Å². The number of rotatable bonds is 3. The number of hydrogen-bond acceptors (Lipinski definition) is 6. The first-order chi connectivity index (χ1) is 8.73. The molecule has 0 aliphatic rings. The third-order valence-electron chi connectivity index (χ3n) is 1.87. The minimum atomic E-state index is -0.600. The van der Waals surface area contributed by atoms with Gasteiger partial charge in [-0.15, -0.1) is 11.3 Å². The highest BCUT2D eigenvalue weighted by atomic mass is 32.1. The van der Waals surface area contributed by atoms with Crippen LogP contribution < -0.4 is 5.32 Å². The number of anilines is 1. The average molecular weight is 286 g/mol. The summed E-state index contributed by atoms with van der Waals surface area (Å²) >= 11 is 1.20. The van der Waals surface area contributed by atoms with E-state index in [9.17, 15) is 9.59 Å². The van der Waals surface area contributed by atoms with Crippen LogP contribution in [-0.4, -0.2) is 29.3 Å². The van der Waals surface area contributed by atoms with Crippen molar-refractivity contribution in [1.29, 1.82) is 0 Å². The molecule has 0 radical (unpaired) electrons. The topological polar surface area (TPSA) is 77.5 Å². The minimum absolute atomic E-state index is 0.220. The molecule has 0 aliphatic carbocycles. The van der Waals surface area contributed by atoms with Gasteiger partial charge in [0, 0.05) is 4.88 Å². The second-order valence-corrected chi connectivity index (χ2v) is 5.97. The Labute approximate surface area is 116 Å². The standard InChI is InChI=1S/C12H18N2O4S/c1-6-17-9(15)8-7(2)19-10(13-8)14-11(16)18-12(3,4)5/h6H2,1-5H3,(H,13,14,16). The maximum Gasteiger partial charge on any atom is 0.413 e. The predicted octanol–water partition coefficient (Wildman–Crippen LogP) is 2.98. The van der Waals surface area contributed by atoms with Crippen LogP contribution in [0.2, 0.25) is 0 Å². The monoisotopic (exact) mass is 286 g/mol. The summed E-state index contributed by atoms with van der Waals surface area (Å²) in [5, 5.41) is 2.81. The normalized spacial score (nSPS) is 11.0. The molecule has 1 aromatic rings. The zero-order valence-electron chi connectivity index (χ0n) is 11.7. The van der Waals surface area contributed by atoms with E-state index in [2.05, 4.69) is 10.3 Å². The van der Waals surface area contributed by atoms with E-state index in [-0.39, 0.29) is 12.3 Å². The molecule has 7 heteroatoms. The molecule has 6 nitrogen and oxygen atoms in total. The number of carbonyl (C=O) groups excluding carboxylic acids is 2. The molecule has 0 bridgehead atoms. The Kier molecular flexibility index (Phi) is 4.88. The molecule has 0 atom stereocenters. The number of aryl methyl sites for hydroxylation is 1. The zero-order valence-corrected chi connectivity index (χ0v) is 12.5. The first-order valence-corrected chi connectivity index (χ1v) is 6.69. The Morgan fingerprint density at radius 1 is 1.37 bits per heavy atom. The van der Waals surface area contributed by atoms with Crippen LogP contribution in [0.1, 0.15) is 43.1 Å². The van der Waals surface area contributed by atoms with Crippen LogP contribution in [0.4, 0.5) is 9.93 Å². The van der Waals surface area contributed by atoms with Crippen molar-refractivity contribution >= 4 is 28.5 Å². The first kappa shape index (κ1) is 15.4. The number of thiazole rings is 1. The van der Waals surface area contributed by atoms with E-state index < -0.39 is 17.7 Å². The Balaban J connectivity index is 2.74. The molecule has 0 spiro atoms. The van der Waals surface area contributed by atoms with Crippen molar-refractivity contribution < 1.29 is 19.1 Å². The lowest BCUT2D eigenvalue weighted by Gasteiger charge is -2.18. The molecule has 106 valence electrons. The summed E-state index contributed by atoms with van der Waals surface area (Å²) in [7, 11) is 0. The predicted molar refractivity (Wildman–Crippen MR) is 72.7 cm³/mol. The highest BCUT2D eigenvalue weighted by Crippen LogP contribution is 2.23. The van der Waals surface area contributed by atoms with Gasteiger partial charge in [0.25, 0.3) is 0 Å². The van der Waals surface area contributed by atoms with Gasteiger partial charge in [-0.2, -0.15) is 0 Å². The number of carbonyl (C=O) groups is 2. The molecule has 1 aromatic heterocycles. The highest BCUT2D eigenvalue weighted by Gasteiger charge is 2.20. The maximum atomic E-state index is 11.6. The van der Waals surface area contributed by atoms with E-state index in [1.807, 2.05) is 0 Å². The van der Waals surface area contributed by atoms with Crippen molar-refractivity contribution in [3.63, 3.8) is 0 Å². The molecule has 0 fully saturated rings. The Morgan fingerprint density at radius 2 is 2.00 bits per heavy atom. The molecule has 0 saturated carbocycles. The van der Waals surface area contributed by atoms with E-state index in [1.165, 1.54) is 11.3 Å². The summed E-state index contributed by atoms with van der Waals surface area (Å²) in [6.07, 6.45) is -0.600. The van der Waals surface area contributed by atoms with Crippen molar-refractivity contribution in [2.24, 2.45) is 0 Å². The lowest BCUT2D eigenvalue weighted by Crippen LogP contribution is -2.27. The summed E-state index contributed by atoms with van der Waals surface area (Å²) in [6, 6.07) is 0. The second-order valence-electron chi connectivity index (χ2n) is 4.77. The molecule has 0 aromatic carbocycles. The van der Waals surface area contributed by atoms with E-state index in [0.717, 1.165) is 0 Å². The van der Waals surface area contributed by atoms with Gasteiger partial charge < -0.3 is 9.47 Å². The van der Waals surface area contributed by atoms with E-state index in [0.29, 0.717) is 10.0 Å². The van der Waals surface area contributed by atoms with Crippen LogP contribution in [0.25, 0.3) is 0 Å². The molecule has 1 heterocycles. The van der Waals surface area contributed by atoms with Crippen molar-refractivity contribution in [3.8, 4) is 0 Å². The molecule has 1 N–H and O–H groups in total. The minimum Gasteiger partial charge on any atom is -0.461 e. The number of ether oxygens (including phenoxy) is 2. The smallest absolute Gasteiger partial charge is 0.413 e.